The Hall–Kier alpha value is -1.04. The van der Waals surface area contributed by atoms with Gasteiger partial charge in [-0.3, -0.25) is 0 Å². The Balaban J connectivity index is 2.40. The van der Waals surface area contributed by atoms with Crippen molar-refractivity contribution in [2.45, 2.75) is 130 Å². The van der Waals surface area contributed by atoms with Gasteiger partial charge in [-0.2, -0.15) is 0 Å². The quantitative estimate of drug-likeness (QED) is 0.174. The van der Waals surface area contributed by atoms with Crippen LogP contribution in [0.4, 0.5) is 0 Å². The fourth-order valence-corrected chi connectivity index (χ4v) is 4.11. The van der Waals surface area contributed by atoms with E-state index in [1.807, 2.05) is 0 Å². The standard InChI is InChI=1S/C28H48/c1-4-6-8-10-12-13-15-20-24-28(25-27-22-18-16-19-23-27)26(3)21-17-14-11-9-7-5-2/h16,18-19,22-23H,4-15,17,20-21,24-25H2,1-3H3/b28-26-. The molecule has 0 atom stereocenters. The molecule has 0 fully saturated rings. The molecule has 160 valence electrons. The number of hydrogen-bond acceptors (Lipinski definition) is 0. The predicted molar refractivity (Wildman–Crippen MR) is 128 cm³/mol. The Morgan fingerprint density at radius 2 is 1.04 bits per heavy atom. The molecular formula is C28H48. The number of unbranched alkanes of at least 4 members (excludes halogenated alkanes) is 12. The van der Waals surface area contributed by atoms with E-state index in [0.29, 0.717) is 0 Å². The second kappa shape index (κ2) is 18.0. The van der Waals surface area contributed by atoms with Gasteiger partial charge >= 0.3 is 0 Å². The summed E-state index contributed by atoms with van der Waals surface area (Å²) in [5.74, 6) is 0. The first kappa shape index (κ1) is 25.0. The minimum absolute atomic E-state index is 1.17. The van der Waals surface area contributed by atoms with Gasteiger partial charge in [0.15, 0.2) is 0 Å². The number of benzene rings is 1. The molecule has 0 aliphatic rings. The van der Waals surface area contributed by atoms with E-state index in [9.17, 15) is 0 Å². The molecule has 0 amide bonds. The van der Waals surface area contributed by atoms with Gasteiger partial charge in [0.2, 0.25) is 0 Å². The minimum atomic E-state index is 1.17. The van der Waals surface area contributed by atoms with Gasteiger partial charge < -0.3 is 0 Å². The molecule has 0 N–H and O–H groups in total. The monoisotopic (exact) mass is 384 g/mol. The highest BCUT2D eigenvalue weighted by molar-refractivity contribution is 5.24. The van der Waals surface area contributed by atoms with Crippen LogP contribution >= 0.6 is 0 Å². The van der Waals surface area contributed by atoms with E-state index in [2.05, 4.69) is 51.1 Å². The molecule has 0 spiro atoms. The van der Waals surface area contributed by atoms with E-state index in [4.69, 9.17) is 0 Å². The summed E-state index contributed by atoms with van der Waals surface area (Å²) < 4.78 is 0. The largest absolute Gasteiger partial charge is 0.0738 e. The van der Waals surface area contributed by atoms with Gasteiger partial charge in [0.25, 0.3) is 0 Å². The minimum Gasteiger partial charge on any atom is -0.0738 e. The van der Waals surface area contributed by atoms with E-state index < -0.39 is 0 Å². The topological polar surface area (TPSA) is 0 Å². The maximum atomic E-state index is 2.41. The molecule has 1 aromatic rings. The van der Waals surface area contributed by atoms with Crippen LogP contribution in [0, 0.1) is 0 Å². The molecule has 1 rings (SSSR count). The van der Waals surface area contributed by atoms with Crippen LogP contribution in [0.3, 0.4) is 0 Å². The first-order valence-electron chi connectivity index (χ1n) is 12.5. The first-order valence-corrected chi connectivity index (χ1v) is 12.5. The Bertz CT molecular complexity index is 482. The first-order chi connectivity index (χ1) is 13.8. The highest BCUT2D eigenvalue weighted by atomic mass is 14.1. The van der Waals surface area contributed by atoms with E-state index in [-0.39, 0.29) is 0 Å². The average molecular weight is 385 g/mol. The lowest BCUT2D eigenvalue weighted by atomic mass is 9.92. The molecule has 1 aromatic carbocycles. The summed E-state index contributed by atoms with van der Waals surface area (Å²) >= 11 is 0. The van der Waals surface area contributed by atoms with Gasteiger partial charge in [-0.15, -0.1) is 0 Å². The van der Waals surface area contributed by atoms with Crippen molar-refractivity contribution >= 4 is 0 Å². The second-order valence-electron chi connectivity index (χ2n) is 8.79. The summed E-state index contributed by atoms with van der Waals surface area (Å²) in [7, 11) is 0. The molecule has 0 nitrogen and oxygen atoms in total. The van der Waals surface area contributed by atoms with E-state index in [0.717, 1.165) is 0 Å². The highest BCUT2D eigenvalue weighted by Crippen LogP contribution is 2.23. The van der Waals surface area contributed by atoms with E-state index in [1.54, 1.807) is 11.1 Å². The molecule has 0 bridgehead atoms. The maximum absolute atomic E-state index is 2.41. The summed E-state index contributed by atoms with van der Waals surface area (Å²) in [4.78, 5) is 0. The summed E-state index contributed by atoms with van der Waals surface area (Å²) in [6, 6.07) is 11.1. The van der Waals surface area contributed by atoms with Crippen molar-refractivity contribution in [1.29, 1.82) is 0 Å². The zero-order valence-electron chi connectivity index (χ0n) is 19.4. The Morgan fingerprint density at radius 3 is 1.57 bits per heavy atom. The van der Waals surface area contributed by atoms with E-state index >= 15 is 0 Å². The van der Waals surface area contributed by atoms with Crippen molar-refractivity contribution in [2.75, 3.05) is 0 Å². The Morgan fingerprint density at radius 1 is 0.571 bits per heavy atom. The van der Waals surface area contributed by atoms with Crippen LogP contribution in [0.5, 0.6) is 0 Å². The molecule has 0 saturated heterocycles. The maximum Gasteiger partial charge on any atom is -0.00645 e. The lowest BCUT2D eigenvalue weighted by Crippen LogP contribution is -1.97. The number of allylic oxidation sites excluding steroid dienone is 2. The SMILES string of the molecule is CCCCCCCCCC/C(Cc1ccccc1)=C(\C)CCCCCCCC. The number of hydrogen-bond donors (Lipinski definition) is 0. The zero-order chi connectivity index (χ0) is 20.3. The molecule has 0 radical (unpaired) electrons. The normalized spacial score (nSPS) is 12.2. The molecule has 0 unspecified atom stereocenters. The third kappa shape index (κ3) is 13.2. The molecule has 0 heteroatoms. The van der Waals surface area contributed by atoms with Crippen molar-refractivity contribution in [3.8, 4) is 0 Å². The van der Waals surface area contributed by atoms with Crippen LogP contribution in [-0.2, 0) is 6.42 Å². The van der Waals surface area contributed by atoms with Gasteiger partial charge in [-0.05, 0) is 44.6 Å². The third-order valence-electron chi connectivity index (χ3n) is 6.10. The van der Waals surface area contributed by atoms with Crippen LogP contribution in [0.2, 0.25) is 0 Å². The van der Waals surface area contributed by atoms with Gasteiger partial charge in [0, 0.05) is 0 Å². The van der Waals surface area contributed by atoms with Gasteiger partial charge in [-0.1, -0.05) is 132 Å². The Kier molecular flexibility index (Phi) is 16.1. The van der Waals surface area contributed by atoms with Crippen LogP contribution < -0.4 is 0 Å². The second-order valence-corrected chi connectivity index (χ2v) is 8.79. The van der Waals surface area contributed by atoms with Crippen molar-refractivity contribution in [1.82, 2.24) is 0 Å². The molecule has 28 heavy (non-hydrogen) atoms. The fourth-order valence-electron chi connectivity index (χ4n) is 4.11. The van der Waals surface area contributed by atoms with Crippen molar-refractivity contribution in [2.24, 2.45) is 0 Å². The third-order valence-corrected chi connectivity index (χ3v) is 6.10. The molecule has 0 aromatic heterocycles. The Labute approximate surface area is 177 Å². The predicted octanol–water partition coefficient (Wildman–Crippen LogP) is 9.83. The van der Waals surface area contributed by atoms with Gasteiger partial charge in [0.1, 0.15) is 0 Å². The van der Waals surface area contributed by atoms with Crippen molar-refractivity contribution < 1.29 is 0 Å². The van der Waals surface area contributed by atoms with Crippen LogP contribution in [0.25, 0.3) is 0 Å². The molecule has 0 heterocycles. The van der Waals surface area contributed by atoms with Gasteiger partial charge in [-0.25, -0.2) is 0 Å². The summed E-state index contributed by atoms with van der Waals surface area (Å²) in [6.45, 7) is 7.01. The summed E-state index contributed by atoms with van der Waals surface area (Å²) in [5, 5.41) is 0. The van der Waals surface area contributed by atoms with Crippen LogP contribution in [0.15, 0.2) is 41.5 Å². The number of rotatable bonds is 18. The van der Waals surface area contributed by atoms with Crippen LogP contribution in [-0.4, -0.2) is 0 Å². The van der Waals surface area contributed by atoms with E-state index in [1.165, 1.54) is 115 Å². The smallest absolute Gasteiger partial charge is 0.00645 e. The molecule has 0 aliphatic carbocycles. The highest BCUT2D eigenvalue weighted by Gasteiger charge is 2.05. The summed E-state index contributed by atoms with van der Waals surface area (Å²) in [5.41, 5.74) is 4.90. The van der Waals surface area contributed by atoms with Gasteiger partial charge in [0.05, 0.1) is 0 Å². The molecule has 0 aliphatic heterocycles. The van der Waals surface area contributed by atoms with Crippen molar-refractivity contribution in [3.05, 3.63) is 47.0 Å². The average Bonchev–Trinajstić information content (AvgIpc) is 2.72. The van der Waals surface area contributed by atoms with Crippen molar-refractivity contribution in [3.63, 3.8) is 0 Å². The molecule has 0 saturated carbocycles. The summed E-state index contributed by atoms with van der Waals surface area (Å²) in [6.07, 6.45) is 23.5. The zero-order valence-corrected chi connectivity index (χ0v) is 19.4. The lowest BCUT2D eigenvalue weighted by Gasteiger charge is -2.14. The fraction of sp³-hybridized carbons (Fsp3) is 0.714. The lowest BCUT2D eigenvalue weighted by molar-refractivity contribution is 0.571. The van der Waals surface area contributed by atoms with Crippen LogP contribution in [0.1, 0.15) is 129 Å². The molecular weight excluding hydrogens is 336 g/mol.